The van der Waals surface area contributed by atoms with Crippen LogP contribution in [0.15, 0.2) is 21.7 Å². The number of rotatable bonds is 8. The van der Waals surface area contributed by atoms with Gasteiger partial charge in [0.15, 0.2) is 0 Å². The fourth-order valence-electron chi connectivity index (χ4n) is 5.07. The molecule has 0 unspecified atom stereocenters. The van der Waals surface area contributed by atoms with Crippen molar-refractivity contribution in [2.75, 3.05) is 18.4 Å². The highest BCUT2D eigenvalue weighted by molar-refractivity contribution is 5.82. The van der Waals surface area contributed by atoms with E-state index >= 15 is 4.39 Å². The monoisotopic (exact) mass is 446 g/mol. The molecule has 1 heterocycles. The van der Waals surface area contributed by atoms with Crippen LogP contribution >= 0.6 is 0 Å². The molecule has 174 valence electrons. The Morgan fingerprint density at radius 3 is 2.44 bits per heavy atom. The third kappa shape index (κ3) is 4.72. The first-order valence-corrected chi connectivity index (χ1v) is 11.6. The van der Waals surface area contributed by atoms with Gasteiger partial charge in [-0.1, -0.05) is 32.1 Å². The summed E-state index contributed by atoms with van der Waals surface area (Å²) in [6.07, 6.45) is 9.08. The summed E-state index contributed by atoms with van der Waals surface area (Å²) in [6, 6.07) is 3.04. The van der Waals surface area contributed by atoms with Gasteiger partial charge in [-0.05, 0) is 37.8 Å². The van der Waals surface area contributed by atoms with Crippen LogP contribution in [0.2, 0.25) is 0 Å². The molecule has 0 bridgehead atoms. The maximum Gasteiger partial charge on any atom is 0.331 e. The minimum absolute atomic E-state index is 0.0251. The van der Waals surface area contributed by atoms with Crippen molar-refractivity contribution in [1.29, 1.82) is 0 Å². The summed E-state index contributed by atoms with van der Waals surface area (Å²) in [5.41, 5.74) is -0.140. The molecule has 8 nitrogen and oxygen atoms in total. The van der Waals surface area contributed by atoms with Crippen LogP contribution in [0.5, 0.6) is 0 Å². The zero-order valence-corrected chi connectivity index (χ0v) is 18.2. The van der Waals surface area contributed by atoms with Crippen molar-refractivity contribution in [1.82, 2.24) is 14.5 Å². The van der Waals surface area contributed by atoms with Crippen LogP contribution in [-0.2, 0) is 11.3 Å². The van der Waals surface area contributed by atoms with Gasteiger partial charge in [-0.3, -0.25) is 18.7 Å². The molecule has 32 heavy (non-hydrogen) atoms. The summed E-state index contributed by atoms with van der Waals surface area (Å²) in [5.74, 6) is -1.51. The van der Waals surface area contributed by atoms with E-state index in [1.54, 1.807) is 10.6 Å². The van der Waals surface area contributed by atoms with Gasteiger partial charge < -0.3 is 15.7 Å². The van der Waals surface area contributed by atoms with Crippen molar-refractivity contribution in [2.24, 2.45) is 0 Å². The topological polar surface area (TPSA) is 105 Å². The van der Waals surface area contributed by atoms with Gasteiger partial charge in [0.1, 0.15) is 5.82 Å². The SMILES string of the molecule is O=C(O)CNCCn1c(=O)c2cc(F)c(NC3CCCCC3)cc2n(C2CCCC2)c1=O. The number of anilines is 1. The van der Waals surface area contributed by atoms with Gasteiger partial charge in [0, 0.05) is 25.2 Å². The highest BCUT2D eigenvalue weighted by atomic mass is 19.1. The molecule has 2 saturated carbocycles. The summed E-state index contributed by atoms with van der Waals surface area (Å²) in [4.78, 5) is 37.2. The number of benzene rings is 1. The van der Waals surface area contributed by atoms with Gasteiger partial charge in [-0.25, -0.2) is 9.18 Å². The van der Waals surface area contributed by atoms with Crippen molar-refractivity contribution in [3.8, 4) is 0 Å². The fourth-order valence-corrected chi connectivity index (χ4v) is 5.07. The second kappa shape index (κ2) is 9.85. The molecule has 2 aliphatic carbocycles. The Hall–Kier alpha value is -2.68. The molecule has 0 aliphatic heterocycles. The molecule has 2 fully saturated rings. The molecule has 0 amide bonds. The van der Waals surface area contributed by atoms with Crippen molar-refractivity contribution in [3.63, 3.8) is 0 Å². The van der Waals surface area contributed by atoms with Crippen molar-refractivity contribution in [2.45, 2.75) is 76.4 Å². The Balaban J connectivity index is 1.76. The van der Waals surface area contributed by atoms with Crippen LogP contribution in [0.25, 0.3) is 10.9 Å². The fraction of sp³-hybridized carbons (Fsp3) is 0.609. The highest BCUT2D eigenvalue weighted by Gasteiger charge is 2.25. The van der Waals surface area contributed by atoms with Gasteiger partial charge in [-0.2, -0.15) is 0 Å². The molecule has 0 radical (unpaired) electrons. The standard InChI is InChI=1S/C23H31FN4O4/c24-18-12-17-20(13-19(18)26-15-6-2-1-3-7-15)28(16-8-4-5-9-16)23(32)27(22(17)31)11-10-25-14-21(29)30/h12-13,15-16,25-26H,1-11,14H2,(H,29,30). The first-order valence-electron chi connectivity index (χ1n) is 11.6. The zero-order valence-electron chi connectivity index (χ0n) is 18.2. The predicted molar refractivity (Wildman–Crippen MR) is 121 cm³/mol. The van der Waals surface area contributed by atoms with Crippen molar-refractivity contribution < 1.29 is 14.3 Å². The van der Waals surface area contributed by atoms with Gasteiger partial charge >= 0.3 is 11.7 Å². The maximum atomic E-state index is 15.0. The van der Waals surface area contributed by atoms with E-state index in [0.717, 1.165) is 55.9 Å². The zero-order chi connectivity index (χ0) is 22.7. The third-order valence-corrected chi connectivity index (χ3v) is 6.70. The lowest BCUT2D eigenvalue weighted by atomic mass is 9.95. The molecule has 2 aliphatic rings. The van der Waals surface area contributed by atoms with Crippen LogP contribution in [-0.4, -0.2) is 39.3 Å². The van der Waals surface area contributed by atoms with E-state index < -0.39 is 23.0 Å². The van der Waals surface area contributed by atoms with E-state index in [1.807, 2.05) is 0 Å². The van der Waals surface area contributed by atoms with Gasteiger partial charge in [-0.15, -0.1) is 0 Å². The van der Waals surface area contributed by atoms with E-state index in [2.05, 4.69) is 10.6 Å². The predicted octanol–water partition coefficient (Wildman–Crippen LogP) is 2.84. The molecular weight excluding hydrogens is 415 g/mol. The van der Waals surface area contributed by atoms with Crippen molar-refractivity contribution in [3.05, 3.63) is 38.8 Å². The van der Waals surface area contributed by atoms with Crippen LogP contribution in [0, 0.1) is 5.82 Å². The molecule has 2 aromatic rings. The van der Waals surface area contributed by atoms with Crippen molar-refractivity contribution >= 4 is 22.6 Å². The number of hydrogen-bond donors (Lipinski definition) is 3. The summed E-state index contributed by atoms with van der Waals surface area (Å²) >= 11 is 0. The molecule has 4 rings (SSSR count). The lowest BCUT2D eigenvalue weighted by Gasteiger charge is -2.25. The quantitative estimate of drug-likeness (QED) is 0.539. The second-order valence-corrected chi connectivity index (χ2v) is 8.95. The average Bonchev–Trinajstić information content (AvgIpc) is 3.29. The molecule has 3 N–H and O–H groups in total. The lowest BCUT2D eigenvalue weighted by molar-refractivity contribution is -0.135. The Morgan fingerprint density at radius 1 is 1.06 bits per heavy atom. The van der Waals surface area contributed by atoms with E-state index in [1.165, 1.54) is 12.5 Å². The number of aliphatic carboxylic acids is 1. The molecule has 1 aromatic carbocycles. The molecule has 0 atom stereocenters. The van der Waals surface area contributed by atoms with E-state index in [9.17, 15) is 14.4 Å². The number of hydrogen-bond acceptors (Lipinski definition) is 5. The van der Waals surface area contributed by atoms with E-state index in [-0.39, 0.29) is 37.1 Å². The Morgan fingerprint density at radius 2 is 1.75 bits per heavy atom. The van der Waals surface area contributed by atoms with E-state index in [0.29, 0.717) is 11.2 Å². The first-order chi connectivity index (χ1) is 15.5. The number of carboxylic acids is 1. The summed E-state index contributed by atoms with van der Waals surface area (Å²) in [7, 11) is 0. The largest absolute Gasteiger partial charge is 0.480 e. The molecular formula is C23H31FN4O4. The lowest BCUT2D eigenvalue weighted by Crippen LogP contribution is -2.43. The maximum absolute atomic E-state index is 15.0. The van der Waals surface area contributed by atoms with Gasteiger partial charge in [0.05, 0.1) is 23.1 Å². The number of fused-ring (bicyclic) bond motifs is 1. The summed E-state index contributed by atoms with van der Waals surface area (Å²) in [5, 5.41) is 15.0. The number of nitrogens with zero attached hydrogens (tertiary/aromatic N) is 2. The summed E-state index contributed by atoms with van der Waals surface area (Å²) < 4.78 is 17.8. The smallest absolute Gasteiger partial charge is 0.331 e. The third-order valence-electron chi connectivity index (χ3n) is 6.70. The number of carbonyl (C=O) groups is 1. The van der Waals surface area contributed by atoms with Crippen LogP contribution in [0.3, 0.4) is 0 Å². The minimum Gasteiger partial charge on any atom is -0.480 e. The number of nitrogens with one attached hydrogen (secondary N) is 2. The Kier molecular flexibility index (Phi) is 6.93. The number of halogens is 1. The van der Waals surface area contributed by atoms with Gasteiger partial charge in [0.2, 0.25) is 0 Å². The normalized spacial score (nSPS) is 17.8. The average molecular weight is 447 g/mol. The summed E-state index contributed by atoms with van der Waals surface area (Å²) in [6.45, 7) is -0.0807. The molecule has 0 spiro atoms. The Bertz CT molecular complexity index is 1100. The first kappa shape index (κ1) is 22.5. The van der Waals surface area contributed by atoms with Gasteiger partial charge in [0.25, 0.3) is 5.56 Å². The molecule has 9 heteroatoms. The van der Waals surface area contributed by atoms with Crippen LogP contribution in [0.1, 0.15) is 63.8 Å². The minimum atomic E-state index is -1.01. The van der Waals surface area contributed by atoms with Crippen LogP contribution < -0.4 is 21.9 Å². The molecule has 1 aromatic heterocycles. The number of carboxylic acid groups (broad SMARTS) is 1. The van der Waals surface area contributed by atoms with E-state index in [4.69, 9.17) is 5.11 Å². The Labute approximate surface area is 185 Å². The second-order valence-electron chi connectivity index (χ2n) is 8.95. The number of aromatic nitrogens is 2. The molecule has 0 saturated heterocycles. The highest BCUT2D eigenvalue weighted by Crippen LogP contribution is 2.32. The van der Waals surface area contributed by atoms with Crippen LogP contribution in [0.4, 0.5) is 10.1 Å².